The maximum Gasteiger partial charge on any atom is 0.357 e. The summed E-state index contributed by atoms with van der Waals surface area (Å²) >= 11 is 24.4. The molecular weight excluding hydrogens is 474 g/mol. The second kappa shape index (κ2) is 11.3. The molecule has 1 N–H and O–H groups in total. The lowest BCUT2D eigenvalue weighted by molar-refractivity contribution is -0.141. The minimum Gasteiger partial charge on any atom is -0.463 e. The molecule has 0 saturated heterocycles. The van der Waals surface area contributed by atoms with Gasteiger partial charge in [0, 0.05) is 20.1 Å². The molecule has 6 nitrogen and oxygen atoms in total. The van der Waals surface area contributed by atoms with Crippen LogP contribution in [0.2, 0.25) is 20.1 Å². The Morgan fingerprint density at radius 1 is 0.867 bits per heavy atom. The summed E-state index contributed by atoms with van der Waals surface area (Å²) in [6.45, 7) is 3.51. The molecule has 0 bridgehead atoms. The molecule has 0 heterocycles. The van der Waals surface area contributed by atoms with Gasteiger partial charge in [0.2, 0.25) is 0 Å². The molecule has 0 aliphatic carbocycles. The van der Waals surface area contributed by atoms with Crippen molar-refractivity contribution in [2.45, 2.75) is 13.8 Å². The molecule has 0 aliphatic rings. The summed E-state index contributed by atoms with van der Waals surface area (Å²) in [5.41, 5.74) is 3.61. The van der Waals surface area contributed by atoms with E-state index in [1.807, 2.05) is 0 Å². The Balaban J connectivity index is 2.62. The van der Waals surface area contributed by atoms with Gasteiger partial charge in [-0.05, 0) is 50.2 Å². The summed E-state index contributed by atoms with van der Waals surface area (Å²) in [7, 11) is 0. The number of halogens is 4. The van der Waals surface area contributed by atoms with Gasteiger partial charge in [-0.2, -0.15) is 0 Å². The van der Waals surface area contributed by atoms with Gasteiger partial charge >= 0.3 is 11.9 Å². The third-order valence-corrected chi connectivity index (χ3v) is 4.35. The van der Waals surface area contributed by atoms with E-state index in [0.717, 1.165) is 6.08 Å². The zero-order chi connectivity index (χ0) is 22.3. The van der Waals surface area contributed by atoms with E-state index in [2.05, 4.69) is 5.43 Å². The summed E-state index contributed by atoms with van der Waals surface area (Å²) in [5, 5.41) is 2.64. The lowest BCUT2D eigenvalue weighted by Crippen LogP contribution is -2.34. The number of hydrogen-bond acceptors (Lipinski definition) is 6. The number of carbonyl (C=O) groups excluding carboxylic acids is 2. The van der Waals surface area contributed by atoms with Gasteiger partial charge in [-0.15, -0.1) is 0 Å². The van der Waals surface area contributed by atoms with E-state index in [1.54, 1.807) is 44.2 Å². The maximum absolute atomic E-state index is 12.7. The van der Waals surface area contributed by atoms with Crippen molar-refractivity contribution in [1.29, 1.82) is 0 Å². The summed E-state index contributed by atoms with van der Waals surface area (Å²) < 4.78 is 10.1. The van der Waals surface area contributed by atoms with Gasteiger partial charge in [0.25, 0.3) is 0 Å². The van der Waals surface area contributed by atoms with Crippen LogP contribution in [0.25, 0.3) is 0 Å². The summed E-state index contributed by atoms with van der Waals surface area (Å²) in [6, 6.07) is 9.34. The molecule has 0 saturated carbocycles. The van der Waals surface area contributed by atoms with E-state index in [0.29, 0.717) is 31.5 Å². The molecule has 0 radical (unpaired) electrons. The van der Waals surface area contributed by atoms with Crippen molar-refractivity contribution < 1.29 is 19.1 Å². The number of benzene rings is 2. The topological polar surface area (TPSA) is 67.9 Å². The summed E-state index contributed by atoms with van der Waals surface area (Å²) in [5.74, 6) is -1.51. The molecule has 0 aromatic heterocycles. The fraction of sp³-hybridized carbons (Fsp3) is 0.200. The molecule has 2 aromatic rings. The molecule has 160 valence electrons. The van der Waals surface area contributed by atoms with Gasteiger partial charge < -0.3 is 9.47 Å². The highest BCUT2D eigenvalue weighted by atomic mass is 35.5. The molecule has 0 amide bonds. The van der Waals surface area contributed by atoms with E-state index >= 15 is 0 Å². The smallest absolute Gasteiger partial charge is 0.357 e. The molecule has 0 spiro atoms. The Kier molecular flexibility index (Phi) is 9.11. The highest BCUT2D eigenvalue weighted by Crippen LogP contribution is 2.30. The molecule has 10 heteroatoms. The average Bonchev–Trinajstić information content (AvgIpc) is 2.63. The van der Waals surface area contributed by atoms with Crippen molar-refractivity contribution in [2.24, 2.45) is 0 Å². The number of nitrogens with zero attached hydrogens (tertiary/aromatic N) is 1. The van der Waals surface area contributed by atoms with Crippen LogP contribution in [0.4, 0.5) is 11.4 Å². The van der Waals surface area contributed by atoms with Crippen LogP contribution in [0.15, 0.2) is 48.2 Å². The molecule has 0 fully saturated rings. The monoisotopic (exact) mass is 490 g/mol. The average molecular weight is 492 g/mol. The summed E-state index contributed by atoms with van der Waals surface area (Å²) in [4.78, 5) is 24.8. The number of hydrogen-bond donors (Lipinski definition) is 1. The molecule has 30 heavy (non-hydrogen) atoms. The van der Waals surface area contributed by atoms with E-state index in [-0.39, 0.29) is 18.9 Å². The highest BCUT2D eigenvalue weighted by Gasteiger charge is 2.24. The predicted molar refractivity (Wildman–Crippen MR) is 120 cm³/mol. The van der Waals surface area contributed by atoms with Gasteiger partial charge in [0.15, 0.2) is 5.70 Å². The van der Waals surface area contributed by atoms with Crippen molar-refractivity contribution in [3.8, 4) is 0 Å². The van der Waals surface area contributed by atoms with Gasteiger partial charge in [0.05, 0.1) is 30.7 Å². The van der Waals surface area contributed by atoms with Crippen LogP contribution < -0.4 is 10.4 Å². The first-order chi connectivity index (χ1) is 14.2. The highest BCUT2D eigenvalue weighted by molar-refractivity contribution is 6.35. The third kappa shape index (κ3) is 6.99. The number of ether oxygens (including phenoxy) is 2. The first kappa shape index (κ1) is 24.2. The number of nitrogens with one attached hydrogen (secondary N) is 1. The van der Waals surface area contributed by atoms with Crippen molar-refractivity contribution in [1.82, 2.24) is 0 Å². The Bertz CT molecular complexity index is 925. The van der Waals surface area contributed by atoms with Gasteiger partial charge in [-0.3, -0.25) is 5.43 Å². The van der Waals surface area contributed by atoms with Crippen LogP contribution >= 0.6 is 46.4 Å². The van der Waals surface area contributed by atoms with E-state index in [9.17, 15) is 9.59 Å². The van der Waals surface area contributed by atoms with Crippen molar-refractivity contribution in [3.05, 3.63) is 68.3 Å². The van der Waals surface area contributed by atoms with Crippen molar-refractivity contribution in [2.75, 3.05) is 23.6 Å². The van der Waals surface area contributed by atoms with Crippen LogP contribution in [-0.4, -0.2) is 25.2 Å². The molecular formula is C20H18Cl4N2O4. The maximum atomic E-state index is 12.7. The van der Waals surface area contributed by atoms with Crippen LogP contribution in [-0.2, 0) is 19.1 Å². The summed E-state index contributed by atoms with van der Waals surface area (Å²) in [6.07, 6.45) is 1.01. The first-order valence-electron chi connectivity index (χ1n) is 8.78. The van der Waals surface area contributed by atoms with E-state index in [1.165, 1.54) is 11.1 Å². The molecule has 0 aliphatic heterocycles. The lowest BCUT2D eigenvalue weighted by Gasteiger charge is -2.28. The molecule has 0 unspecified atom stereocenters. The Labute approximate surface area is 194 Å². The zero-order valence-electron chi connectivity index (χ0n) is 16.0. The Morgan fingerprint density at radius 2 is 1.37 bits per heavy atom. The van der Waals surface area contributed by atoms with Crippen LogP contribution in [0.3, 0.4) is 0 Å². The van der Waals surface area contributed by atoms with E-state index < -0.39 is 11.9 Å². The Morgan fingerprint density at radius 3 is 1.87 bits per heavy atom. The van der Waals surface area contributed by atoms with Crippen molar-refractivity contribution >= 4 is 69.7 Å². The standard InChI is InChI=1S/C20H18Cl4N2O4/c1-3-29-19(27)11-18(20(28)30-4-2)26(17-9-14(23)6-15(24)10-17)25-16-7-12(21)5-13(22)8-16/h5-11,25H,3-4H2,1-2H3. The zero-order valence-corrected chi connectivity index (χ0v) is 19.1. The van der Waals surface area contributed by atoms with Crippen LogP contribution in [0.5, 0.6) is 0 Å². The number of anilines is 2. The van der Waals surface area contributed by atoms with Gasteiger partial charge in [-0.25, -0.2) is 14.6 Å². The number of rotatable bonds is 8. The predicted octanol–water partition coefficient (Wildman–Crippen LogP) is 6.14. The quantitative estimate of drug-likeness (QED) is 0.271. The van der Waals surface area contributed by atoms with Crippen molar-refractivity contribution in [3.63, 3.8) is 0 Å². The normalized spacial score (nSPS) is 11.1. The number of hydrazine groups is 1. The largest absolute Gasteiger partial charge is 0.463 e. The number of carbonyl (C=O) groups is 2. The second-order valence-corrected chi connectivity index (χ2v) is 7.48. The van der Waals surface area contributed by atoms with Gasteiger partial charge in [0.1, 0.15) is 0 Å². The fourth-order valence-corrected chi connectivity index (χ4v) is 3.44. The molecule has 0 atom stereocenters. The Hall–Kier alpha value is -2.12. The second-order valence-electron chi connectivity index (χ2n) is 5.74. The lowest BCUT2D eigenvalue weighted by atomic mass is 10.2. The molecule has 2 aromatic carbocycles. The SMILES string of the molecule is CCOC(=O)C=C(C(=O)OCC)N(Nc1cc(Cl)cc(Cl)c1)c1cc(Cl)cc(Cl)c1. The van der Waals surface area contributed by atoms with Gasteiger partial charge in [-0.1, -0.05) is 46.4 Å². The minimum atomic E-state index is -0.776. The van der Waals surface area contributed by atoms with E-state index in [4.69, 9.17) is 55.9 Å². The molecule has 2 rings (SSSR count). The number of esters is 2. The van der Waals surface area contributed by atoms with Crippen LogP contribution in [0.1, 0.15) is 13.8 Å². The van der Waals surface area contributed by atoms with Crippen LogP contribution in [0, 0.1) is 0 Å². The first-order valence-corrected chi connectivity index (χ1v) is 10.3. The third-order valence-electron chi connectivity index (χ3n) is 3.48. The fourth-order valence-electron chi connectivity index (χ4n) is 2.40. The minimum absolute atomic E-state index is 0.0894.